The van der Waals surface area contributed by atoms with Crippen molar-refractivity contribution in [1.29, 1.82) is 0 Å². The summed E-state index contributed by atoms with van der Waals surface area (Å²) in [5.41, 5.74) is 12.5. The summed E-state index contributed by atoms with van der Waals surface area (Å²) in [4.78, 5) is 44.7. The minimum atomic E-state index is -0.666. The second kappa shape index (κ2) is 16.0. The van der Waals surface area contributed by atoms with Crippen molar-refractivity contribution in [3.8, 4) is 33.5 Å². The quantitative estimate of drug-likeness (QED) is 0.116. The lowest BCUT2D eigenvalue weighted by Crippen LogP contribution is -2.51. The number of ether oxygens (including phenoxy) is 1. The Hall–Kier alpha value is -5.18. The van der Waals surface area contributed by atoms with Gasteiger partial charge in [-0.2, -0.15) is 0 Å². The molecule has 57 heavy (non-hydrogen) atoms. The first-order valence-electron chi connectivity index (χ1n) is 21.1. The number of aromatic amines is 2. The number of benzene rings is 3. The number of hydrogen-bond donors (Lipinski definition) is 3. The molecule has 8 rings (SSSR count). The first kappa shape index (κ1) is 38.7. The zero-order chi connectivity index (χ0) is 39.8. The fourth-order valence-corrected chi connectivity index (χ4v) is 9.67. The molecule has 0 radical (unpaired) electrons. The molecule has 1 saturated heterocycles. The van der Waals surface area contributed by atoms with Gasteiger partial charge in [-0.05, 0) is 113 Å². The Morgan fingerprint density at radius 2 is 1.60 bits per heavy atom. The van der Waals surface area contributed by atoms with Gasteiger partial charge in [0.1, 0.15) is 17.7 Å². The van der Waals surface area contributed by atoms with Gasteiger partial charge >= 0.3 is 6.09 Å². The van der Waals surface area contributed by atoms with Crippen molar-refractivity contribution < 1.29 is 14.3 Å². The van der Waals surface area contributed by atoms with E-state index in [2.05, 4.69) is 103 Å². The van der Waals surface area contributed by atoms with Gasteiger partial charge in [-0.3, -0.25) is 4.79 Å². The van der Waals surface area contributed by atoms with E-state index >= 15 is 0 Å². The van der Waals surface area contributed by atoms with E-state index in [-0.39, 0.29) is 23.8 Å². The lowest BCUT2D eigenvalue weighted by molar-refractivity contribution is -0.135. The van der Waals surface area contributed by atoms with Gasteiger partial charge in [-0.15, -0.1) is 0 Å². The fourth-order valence-electron chi connectivity index (χ4n) is 9.67. The van der Waals surface area contributed by atoms with E-state index in [0.29, 0.717) is 17.9 Å². The van der Waals surface area contributed by atoms with Crippen molar-refractivity contribution in [3.05, 3.63) is 95.7 Å². The van der Waals surface area contributed by atoms with Crippen molar-refractivity contribution in [2.45, 2.75) is 110 Å². The molecule has 2 amide bonds. The molecular formula is C48H58N6O3. The van der Waals surface area contributed by atoms with Crippen LogP contribution in [0.4, 0.5) is 4.79 Å². The Kier molecular flexibility index (Phi) is 10.9. The normalized spacial score (nSPS) is 18.7. The zero-order valence-corrected chi connectivity index (χ0v) is 34.5. The summed E-state index contributed by atoms with van der Waals surface area (Å²) in [7, 11) is 1.32. The number of nitrogens with zero attached hydrogens (tertiary/aromatic N) is 3. The van der Waals surface area contributed by atoms with Gasteiger partial charge in [-0.1, -0.05) is 102 Å². The van der Waals surface area contributed by atoms with Crippen LogP contribution in [0.15, 0.2) is 72.9 Å². The van der Waals surface area contributed by atoms with Crippen LogP contribution in [0, 0.1) is 17.3 Å². The number of H-pyrrole nitrogens is 2. The lowest BCUT2D eigenvalue weighted by Gasteiger charge is -2.29. The molecule has 298 valence electrons. The molecule has 3 atom stereocenters. The Bertz CT molecular complexity index is 2270. The lowest BCUT2D eigenvalue weighted by atomic mass is 9.82. The molecule has 9 heteroatoms. The Balaban J connectivity index is 1.07. The first-order chi connectivity index (χ1) is 27.5. The van der Waals surface area contributed by atoms with Crippen LogP contribution in [0.25, 0.3) is 44.5 Å². The number of likely N-dealkylation sites (tertiary alicyclic amines) is 1. The van der Waals surface area contributed by atoms with Crippen LogP contribution >= 0.6 is 0 Å². The van der Waals surface area contributed by atoms with Crippen molar-refractivity contribution >= 4 is 23.0 Å². The molecular weight excluding hydrogens is 709 g/mol. The molecule has 3 N–H and O–H groups in total. The number of fused-ring (bicyclic) bond motifs is 2. The zero-order valence-electron chi connectivity index (χ0n) is 34.5. The molecule has 1 saturated carbocycles. The number of nitrogens with one attached hydrogen (secondary N) is 3. The largest absolute Gasteiger partial charge is 0.453 e. The van der Waals surface area contributed by atoms with Crippen LogP contribution in [0.1, 0.15) is 114 Å². The van der Waals surface area contributed by atoms with Gasteiger partial charge in [0.2, 0.25) is 5.91 Å². The number of aromatic nitrogens is 4. The highest BCUT2D eigenvalue weighted by atomic mass is 16.5. The number of alkyl carbamates (subject to hydrolysis) is 1. The Labute approximate surface area is 337 Å². The van der Waals surface area contributed by atoms with Gasteiger partial charge < -0.3 is 24.9 Å². The minimum Gasteiger partial charge on any atom is -0.453 e. The number of carbonyl (C=O) groups excluding carboxylic acids is 2. The highest BCUT2D eigenvalue weighted by Gasteiger charge is 2.42. The highest BCUT2D eigenvalue weighted by molar-refractivity contribution is 5.88. The third-order valence-electron chi connectivity index (χ3n) is 12.8. The number of amides is 2. The van der Waals surface area contributed by atoms with E-state index in [0.717, 1.165) is 66.0 Å². The van der Waals surface area contributed by atoms with E-state index < -0.39 is 12.1 Å². The number of hydrogen-bond acceptors (Lipinski definition) is 5. The van der Waals surface area contributed by atoms with Gasteiger partial charge in [0.05, 0.1) is 36.1 Å². The van der Waals surface area contributed by atoms with Gasteiger partial charge in [0, 0.05) is 12.5 Å². The van der Waals surface area contributed by atoms with Gasteiger partial charge in [0.15, 0.2) is 0 Å². The number of imidazole rings is 2. The maximum absolute atomic E-state index is 13.8. The molecule has 2 aromatic heterocycles. The monoisotopic (exact) mass is 766 g/mol. The van der Waals surface area contributed by atoms with Crippen LogP contribution in [-0.4, -0.2) is 56.5 Å². The van der Waals surface area contributed by atoms with Crippen molar-refractivity contribution in [1.82, 2.24) is 30.2 Å². The molecule has 2 fully saturated rings. The molecule has 1 spiro atoms. The van der Waals surface area contributed by atoms with Gasteiger partial charge in [-0.25, -0.2) is 14.8 Å². The molecule has 3 heterocycles. The summed E-state index contributed by atoms with van der Waals surface area (Å²) >= 11 is 0. The molecule has 0 bridgehead atoms. The van der Waals surface area contributed by atoms with Crippen LogP contribution in [0.2, 0.25) is 0 Å². The second-order valence-corrected chi connectivity index (χ2v) is 17.7. The van der Waals surface area contributed by atoms with Crippen molar-refractivity contribution in [2.24, 2.45) is 17.3 Å². The maximum Gasteiger partial charge on any atom is 0.407 e. The summed E-state index contributed by atoms with van der Waals surface area (Å²) in [5.74, 6) is 2.50. The predicted molar refractivity (Wildman–Crippen MR) is 228 cm³/mol. The van der Waals surface area contributed by atoms with Crippen LogP contribution < -0.4 is 5.32 Å². The molecule has 1 aliphatic heterocycles. The highest BCUT2D eigenvalue weighted by Crippen LogP contribution is 2.53. The number of methoxy groups -OCH3 is 1. The molecule has 9 nitrogen and oxygen atoms in total. The van der Waals surface area contributed by atoms with Gasteiger partial charge in [0.25, 0.3) is 0 Å². The molecule has 3 aliphatic rings. The SMILES string of the molecule is COC(=O)NC(C(=O)N1CCCC1c1nc2ccc(-c3ccc(-c4ccc(-c5cnc(C(C)/C=C\CC(C)C)[nH]5)cc4)c4c3CC3(CCCC3)C4)cc2[nH]1)C(C)C. The molecule has 2 aliphatic carbocycles. The third-order valence-corrected chi connectivity index (χ3v) is 12.8. The summed E-state index contributed by atoms with van der Waals surface area (Å²) in [6.45, 7) is 11.2. The van der Waals surface area contributed by atoms with E-state index in [4.69, 9.17) is 14.7 Å². The summed E-state index contributed by atoms with van der Waals surface area (Å²) in [6, 6.07) is 19.4. The predicted octanol–water partition coefficient (Wildman–Crippen LogP) is 10.7. The average molecular weight is 767 g/mol. The summed E-state index contributed by atoms with van der Waals surface area (Å²) in [5, 5.41) is 2.75. The maximum atomic E-state index is 13.8. The number of carbonyl (C=O) groups is 2. The number of allylic oxidation sites excluding steroid dienone is 2. The molecule has 5 aromatic rings. The molecule has 3 aromatic carbocycles. The van der Waals surface area contributed by atoms with E-state index in [9.17, 15) is 9.59 Å². The summed E-state index contributed by atoms with van der Waals surface area (Å²) < 4.78 is 4.82. The molecule has 3 unspecified atom stereocenters. The topological polar surface area (TPSA) is 116 Å². The van der Waals surface area contributed by atoms with Crippen LogP contribution in [0.5, 0.6) is 0 Å². The fraction of sp³-hybridized carbons (Fsp3) is 0.458. The van der Waals surface area contributed by atoms with Crippen molar-refractivity contribution in [3.63, 3.8) is 0 Å². The average Bonchev–Trinajstić information content (AvgIpc) is 4.06. The van der Waals surface area contributed by atoms with Crippen LogP contribution in [-0.2, 0) is 22.4 Å². The van der Waals surface area contributed by atoms with E-state index in [1.165, 1.54) is 66.2 Å². The standard InChI is InChI=1S/C48H58N6O3/c1-29(2)11-9-12-31(5)44-49-28-41(52-44)33-16-14-32(15-17-33)35-19-20-36(38-27-48(26-37(35)38)22-7-8-23-48)34-18-21-39-40(25-34)51-45(50-39)42-13-10-24-54(42)46(55)43(30(3)4)53-47(56)57-6/h9,12,14-21,25,28-31,42-43H,7-8,10-11,13,22-24,26-27H2,1-6H3,(H,49,52)(H,50,51)(H,53,56)/b12-9-. The smallest absolute Gasteiger partial charge is 0.407 e. The third kappa shape index (κ3) is 7.77. The van der Waals surface area contributed by atoms with E-state index in [1.807, 2.05) is 24.9 Å². The Morgan fingerprint density at radius 3 is 2.28 bits per heavy atom. The summed E-state index contributed by atoms with van der Waals surface area (Å²) in [6.07, 6.45) is 16.1. The van der Waals surface area contributed by atoms with Crippen LogP contribution in [0.3, 0.4) is 0 Å². The number of rotatable bonds is 11. The first-order valence-corrected chi connectivity index (χ1v) is 21.1. The second-order valence-electron chi connectivity index (χ2n) is 17.7. The minimum absolute atomic E-state index is 0.0847. The van der Waals surface area contributed by atoms with Crippen molar-refractivity contribution in [2.75, 3.05) is 13.7 Å². The Morgan fingerprint density at radius 1 is 0.912 bits per heavy atom. The van der Waals surface area contributed by atoms with E-state index in [1.54, 1.807) is 0 Å².